The molecule has 0 radical (unpaired) electrons. The van der Waals surface area contributed by atoms with E-state index in [2.05, 4.69) is 21.1 Å². The van der Waals surface area contributed by atoms with Gasteiger partial charge in [0.25, 0.3) is 0 Å². The summed E-state index contributed by atoms with van der Waals surface area (Å²) in [5, 5.41) is 16.7. The van der Waals surface area contributed by atoms with Crippen molar-refractivity contribution in [3.63, 3.8) is 0 Å². The highest BCUT2D eigenvalue weighted by Gasteiger charge is 2.10. The SMILES string of the molecule is COc1cccc(N/N=C(\C#N)C(=O)N/N=C/c2ccccc2C)c1. The Hall–Kier alpha value is -3.66. The number of nitriles is 1. The van der Waals surface area contributed by atoms with Crippen LogP contribution in [-0.4, -0.2) is 24.9 Å². The maximum atomic E-state index is 12.0. The number of carbonyl (C=O) groups excluding carboxylic acids is 1. The van der Waals surface area contributed by atoms with Gasteiger partial charge < -0.3 is 4.74 Å². The van der Waals surface area contributed by atoms with Crippen molar-refractivity contribution >= 4 is 23.5 Å². The van der Waals surface area contributed by atoms with Gasteiger partial charge in [-0.15, -0.1) is 0 Å². The first kappa shape index (κ1) is 17.7. The molecule has 0 aliphatic carbocycles. The maximum absolute atomic E-state index is 12.0. The Balaban J connectivity index is 2.00. The molecule has 7 nitrogen and oxygen atoms in total. The molecule has 7 heteroatoms. The molecule has 126 valence electrons. The van der Waals surface area contributed by atoms with Gasteiger partial charge in [0.05, 0.1) is 19.0 Å². The van der Waals surface area contributed by atoms with E-state index in [1.807, 2.05) is 31.2 Å². The number of anilines is 1. The van der Waals surface area contributed by atoms with Gasteiger partial charge >= 0.3 is 5.91 Å². The van der Waals surface area contributed by atoms with E-state index in [4.69, 9.17) is 10.00 Å². The van der Waals surface area contributed by atoms with Gasteiger partial charge in [0.1, 0.15) is 11.8 Å². The average Bonchev–Trinajstić information content (AvgIpc) is 2.64. The van der Waals surface area contributed by atoms with Crippen molar-refractivity contribution in [2.75, 3.05) is 12.5 Å². The Morgan fingerprint density at radius 2 is 2.04 bits per heavy atom. The predicted octanol–water partition coefficient (Wildman–Crippen LogP) is 2.45. The number of methoxy groups -OCH3 is 1. The van der Waals surface area contributed by atoms with Gasteiger partial charge in [-0.25, -0.2) is 5.43 Å². The third-order valence-electron chi connectivity index (χ3n) is 3.25. The summed E-state index contributed by atoms with van der Waals surface area (Å²) in [6.07, 6.45) is 1.51. The molecule has 2 rings (SSSR count). The quantitative estimate of drug-likeness (QED) is 0.625. The van der Waals surface area contributed by atoms with E-state index in [0.717, 1.165) is 11.1 Å². The van der Waals surface area contributed by atoms with Crippen LogP contribution in [0.2, 0.25) is 0 Å². The van der Waals surface area contributed by atoms with Crippen molar-refractivity contribution in [1.82, 2.24) is 5.43 Å². The molecule has 0 aromatic heterocycles. The van der Waals surface area contributed by atoms with E-state index in [-0.39, 0.29) is 5.71 Å². The summed E-state index contributed by atoms with van der Waals surface area (Å²) in [5.41, 5.74) is 7.06. The number of rotatable bonds is 6. The fraction of sp³-hybridized carbons (Fsp3) is 0.111. The number of amides is 1. The van der Waals surface area contributed by atoms with Gasteiger partial charge in [0.2, 0.25) is 5.71 Å². The number of hydrogen-bond donors (Lipinski definition) is 2. The smallest absolute Gasteiger partial charge is 0.302 e. The zero-order valence-corrected chi connectivity index (χ0v) is 13.9. The van der Waals surface area contributed by atoms with E-state index in [1.54, 1.807) is 37.4 Å². The fourth-order valence-corrected chi connectivity index (χ4v) is 1.88. The second-order valence-corrected chi connectivity index (χ2v) is 4.97. The number of carbonyl (C=O) groups is 1. The van der Waals surface area contributed by atoms with Crippen LogP contribution < -0.4 is 15.6 Å². The fourth-order valence-electron chi connectivity index (χ4n) is 1.88. The third kappa shape index (κ3) is 5.18. The van der Waals surface area contributed by atoms with E-state index in [1.165, 1.54) is 6.21 Å². The zero-order valence-electron chi connectivity index (χ0n) is 13.9. The summed E-state index contributed by atoms with van der Waals surface area (Å²) in [6, 6.07) is 16.3. The van der Waals surface area contributed by atoms with Gasteiger partial charge in [-0.05, 0) is 30.2 Å². The molecular formula is C18H17N5O2. The van der Waals surface area contributed by atoms with Crippen LogP contribution in [0, 0.1) is 18.3 Å². The van der Waals surface area contributed by atoms with E-state index in [0.29, 0.717) is 11.4 Å². The molecule has 0 aliphatic rings. The van der Waals surface area contributed by atoms with E-state index in [9.17, 15) is 4.79 Å². The Labute approximate surface area is 145 Å². The number of benzene rings is 2. The van der Waals surface area contributed by atoms with Crippen LogP contribution in [0.25, 0.3) is 0 Å². The van der Waals surface area contributed by atoms with Gasteiger partial charge in [0.15, 0.2) is 0 Å². The molecule has 0 atom stereocenters. The lowest BCUT2D eigenvalue weighted by atomic mass is 10.1. The first-order valence-electron chi connectivity index (χ1n) is 7.41. The molecule has 2 N–H and O–H groups in total. The molecule has 0 aliphatic heterocycles. The summed E-state index contributed by atoms with van der Waals surface area (Å²) < 4.78 is 5.09. The monoisotopic (exact) mass is 335 g/mol. The number of hydrazone groups is 2. The van der Waals surface area contributed by atoms with Crippen molar-refractivity contribution in [3.8, 4) is 11.8 Å². The van der Waals surface area contributed by atoms with Gasteiger partial charge in [-0.2, -0.15) is 15.5 Å². The van der Waals surface area contributed by atoms with Gasteiger partial charge in [-0.1, -0.05) is 30.3 Å². The van der Waals surface area contributed by atoms with Gasteiger partial charge in [-0.3, -0.25) is 10.2 Å². The second-order valence-electron chi connectivity index (χ2n) is 4.97. The largest absolute Gasteiger partial charge is 0.497 e. The van der Waals surface area contributed by atoms with Crippen LogP contribution in [0.1, 0.15) is 11.1 Å². The van der Waals surface area contributed by atoms with Gasteiger partial charge in [0, 0.05) is 6.07 Å². The molecule has 1 amide bonds. The third-order valence-corrected chi connectivity index (χ3v) is 3.25. The Bertz CT molecular complexity index is 853. The summed E-state index contributed by atoms with van der Waals surface area (Å²) >= 11 is 0. The van der Waals surface area contributed by atoms with E-state index >= 15 is 0 Å². The summed E-state index contributed by atoms with van der Waals surface area (Å²) in [6.45, 7) is 1.93. The normalized spacial score (nSPS) is 11.0. The van der Waals surface area contributed by atoms with Crippen molar-refractivity contribution < 1.29 is 9.53 Å². The minimum absolute atomic E-state index is 0.343. The minimum atomic E-state index is -0.706. The lowest BCUT2D eigenvalue weighted by Crippen LogP contribution is -2.26. The molecule has 0 bridgehead atoms. The van der Waals surface area contributed by atoms with Crippen LogP contribution in [0.15, 0.2) is 58.7 Å². The highest BCUT2D eigenvalue weighted by atomic mass is 16.5. The standard InChI is InChI=1S/C18H17N5O2/c1-13-6-3-4-7-14(13)12-20-23-18(24)17(11-19)22-21-15-8-5-9-16(10-15)25-2/h3-10,12,21H,1-2H3,(H,23,24)/b20-12+,22-17+. The Morgan fingerprint density at radius 3 is 2.76 bits per heavy atom. The molecule has 0 fully saturated rings. The summed E-state index contributed by atoms with van der Waals surface area (Å²) in [5.74, 6) is -0.0753. The molecule has 0 saturated heterocycles. The first-order valence-corrected chi connectivity index (χ1v) is 7.41. The van der Waals surface area contributed by atoms with Crippen LogP contribution in [0.5, 0.6) is 5.75 Å². The number of aryl methyl sites for hydroxylation is 1. The predicted molar refractivity (Wildman–Crippen MR) is 96.6 cm³/mol. The molecule has 0 spiro atoms. The molecular weight excluding hydrogens is 318 g/mol. The van der Waals surface area contributed by atoms with E-state index < -0.39 is 5.91 Å². The minimum Gasteiger partial charge on any atom is -0.497 e. The molecule has 2 aromatic carbocycles. The maximum Gasteiger partial charge on any atom is 0.302 e. The van der Waals surface area contributed by atoms with Crippen molar-refractivity contribution in [2.45, 2.75) is 6.92 Å². The topological polar surface area (TPSA) is 98.9 Å². The van der Waals surface area contributed by atoms with Crippen LogP contribution in [0.3, 0.4) is 0 Å². The highest BCUT2D eigenvalue weighted by Crippen LogP contribution is 2.16. The Kier molecular flexibility index (Phi) is 6.25. The van der Waals surface area contributed by atoms with Crippen LogP contribution >= 0.6 is 0 Å². The summed E-state index contributed by atoms with van der Waals surface area (Å²) in [4.78, 5) is 12.0. The molecule has 25 heavy (non-hydrogen) atoms. The lowest BCUT2D eigenvalue weighted by molar-refractivity contribution is -0.114. The molecule has 2 aromatic rings. The van der Waals surface area contributed by atoms with Crippen molar-refractivity contribution in [1.29, 1.82) is 5.26 Å². The number of nitrogens with zero attached hydrogens (tertiary/aromatic N) is 3. The second kappa shape index (κ2) is 8.84. The molecule has 0 unspecified atom stereocenters. The van der Waals surface area contributed by atoms with Crippen LogP contribution in [0.4, 0.5) is 5.69 Å². The van der Waals surface area contributed by atoms with Crippen molar-refractivity contribution in [2.24, 2.45) is 10.2 Å². The Morgan fingerprint density at radius 1 is 1.24 bits per heavy atom. The summed E-state index contributed by atoms with van der Waals surface area (Å²) in [7, 11) is 1.54. The zero-order chi connectivity index (χ0) is 18.1. The van der Waals surface area contributed by atoms with Crippen LogP contribution in [-0.2, 0) is 4.79 Å². The molecule has 0 heterocycles. The number of hydrogen-bond acceptors (Lipinski definition) is 6. The van der Waals surface area contributed by atoms with Crippen molar-refractivity contribution in [3.05, 3.63) is 59.7 Å². The number of ether oxygens (including phenoxy) is 1. The number of nitrogens with one attached hydrogen (secondary N) is 2. The lowest BCUT2D eigenvalue weighted by Gasteiger charge is -2.04. The molecule has 0 saturated carbocycles. The highest BCUT2D eigenvalue weighted by molar-refractivity contribution is 6.45. The first-order chi connectivity index (χ1) is 12.1. The average molecular weight is 335 g/mol.